The molecule has 2 aromatic carbocycles. The lowest BCUT2D eigenvalue weighted by Gasteiger charge is -2.19. The average Bonchev–Trinajstić information content (AvgIpc) is 2.70. The molecule has 0 unspecified atom stereocenters. The Labute approximate surface area is 160 Å². The van der Waals surface area contributed by atoms with Crippen molar-refractivity contribution in [3.05, 3.63) is 53.6 Å². The minimum atomic E-state index is -0.327. The zero-order valence-corrected chi connectivity index (χ0v) is 16.2. The van der Waals surface area contributed by atoms with Gasteiger partial charge < -0.3 is 24.8 Å². The summed E-state index contributed by atoms with van der Waals surface area (Å²) in [4.78, 5) is 14.5. The van der Waals surface area contributed by atoms with E-state index in [1.54, 1.807) is 25.3 Å². The van der Waals surface area contributed by atoms with Crippen molar-refractivity contribution in [1.82, 2.24) is 10.2 Å². The number of phenolic OH excluding ortho intramolecular Hbond substituents is 1. The van der Waals surface area contributed by atoms with Gasteiger partial charge in [0.25, 0.3) is 5.91 Å². The van der Waals surface area contributed by atoms with Crippen molar-refractivity contribution in [1.29, 1.82) is 0 Å². The van der Waals surface area contributed by atoms with Crippen LogP contribution in [-0.2, 0) is 6.54 Å². The van der Waals surface area contributed by atoms with Crippen LogP contribution in [0.4, 0.5) is 0 Å². The normalized spacial score (nSPS) is 10.7. The molecule has 0 radical (unpaired) electrons. The Morgan fingerprint density at radius 2 is 1.85 bits per heavy atom. The molecule has 0 atom stereocenters. The van der Waals surface area contributed by atoms with Crippen molar-refractivity contribution < 1.29 is 19.4 Å². The summed E-state index contributed by atoms with van der Waals surface area (Å²) in [5.41, 5.74) is 1.13. The van der Waals surface area contributed by atoms with Gasteiger partial charge in [0.05, 0.1) is 12.7 Å². The quantitative estimate of drug-likeness (QED) is 0.671. The Kier molecular flexibility index (Phi) is 7.95. The number of nitrogens with zero attached hydrogens (tertiary/aromatic N) is 1. The molecule has 1 amide bonds. The predicted molar refractivity (Wildman–Crippen MR) is 106 cm³/mol. The van der Waals surface area contributed by atoms with Crippen LogP contribution in [0.5, 0.6) is 17.2 Å². The number of hydrogen-bond acceptors (Lipinski definition) is 5. The molecule has 6 heteroatoms. The molecule has 6 nitrogen and oxygen atoms in total. The molecule has 0 heterocycles. The molecule has 0 aliphatic rings. The van der Waals surface area contributed by atoms with Crippen LogP contribution in [0.15, 0.2) is 42.5 Å². The lowest BCUT2D eigenvalue weighted by atomic mass is 10.1. The van der Waals surface area contributed by atoms with Crippen LogP contribution >= 0.6 is 0 Å². The Morgan fingerprint density at radius 3 is 2.52 bits per heavy atom. The zero-order chi connectivity index (χ0) is 19.6. The molecule has 0 aliphatic heterocycles. The summed E-state index contributed by atoms with van der Waals surface area (Å²) in [6, 6.07) is 12.0. The number of rotatable bonds is 10. The summed E-state index contributed by atoms with van der Waals surface area (Å²) < 4.78 is 11.3. The molecule has 0 aromatic heterocycles. The molecular formula is C21H28N2O4. The maximum absolute atomic E-state index is 12.2. The van der Waals surface area contributed by atoms with Gasteiger partial charge in [-0.3, -0.25) is 4.79 Å². The fourth-order valence-electron chi connectivity index (χ4n) is 2.71. The zero-order valence-electron chi connectivity index (χ0n) is 16.2. The highest BCUT2D eigenvalue weighted by molar-refractivity contribution is 5.96. The largest absolute Gasteiger partial charge is 0.507 e. The molecule has 27 heavy (non-hydrogen) atoms. The Balaban J connectivity index is 1.95. The van der Waals surface area contributed by atoms with E-state index in [9.17, 15) is 9.90 Å². The summed E-state index contributed by atoms with van der Waals surface area (Å²) in [7, 11) is 1.59. The van der Waals surface area contributed by atoms with E-state index in [4.69, 9.17) is 9.47 Å². The first-order valence-electron chi connectivity index (χ1n) is 9.17. The highest BCUT2D eigenvalue weighted by atomic mass is 16.5. The first-order chi connectivity index (χ1) is 13.1. The molecule has 0 bridgehead atoms. The molecule has 2 N–H and O–H groups in total. The second-order valence-corrected chi connectivity index (χ2v) is 6.06. The van der Waals surface area contributed by atoms with E-state index in [2.05, 4.69) is 24.1 Å². The first kappa shape index (κ1) is 20.6. The van der Waals surface area contributed by atoms with E-state index < -0.39 is 0 Å². The molecule has 2 aromatic rings. The van der Waals surface area contributed by atoms with Gasteiger partial charge in [0.2, 0.25) is 0 Å². The number of para-hydroxylation sites is 1. The number of aromatic hydroxyl groups is 1. The smallest absolute Gasteiger partial charge is 0.255 e. The Morgan fingerprint density at radius 1 is 1.11 bits per heavy atom. The monoisotopic (exact) mass is 372 g/mol. The molecule has 2 rings (SSSR count). The minimum absolute atomic E-state index is 0.0375. The van der Waals surface area contributed by atoms with Crippen LogP contribution in [0.1, 0.15) is 29.8 Å². The van der Waals surface area contributed by atoms with Gasteiger partial charge in [-0.1, -0.05) is 32.0 Å². The van der Waals surface area contributed by atoms with Gasteiger partial charge >= 0.3 is 0 Å². The number of carbonyl (C=O) groups is 1. The second-order valence-electron chi connectivity index (χ2n) is 6.06. The van der Waals surface area contributed by atoms with Gasteiger partial charge in [-0.05, 0) is 42.9 Å². The van der Waals surface area contributed by atoms with E-state index in [-0.39, 0.29) is 17.2 Å². The molecule has 0 saturated carbocycles. The summed E-state index contributed by atoms with van der Waals surface area (Å²) in [6.45, 7) is 8.00. The van der Waals surface area contributed by atoms with Crippen LogP contribution in [0, 0.1) is 0 Å². The number of carbonyl (C=O) groups excluding carboxylic acids is 1. The molecule has 0 saturated heterocycles. The third kappa shape index (κ3) is 5.89. The number of hydrogen-bond donors (Lipinski definition) is 2. The van der Waals surface area contributed by atoms with Crippen LogP contribution in [0.3, 0.4) is 0 Å². The van der Waals surface area contributed by atoms with Crippen molar-refractivity contribution in [2.75, 3.05) is 33.4 Å². The van der Waals surface area contributed by atoms with E-state index >= 15 is 0 Å². The Hall–Kier alpha value is -2.73. The van der Waals surface area contributed by atoms with Crippen molar-refractivity contribution in [2.45, 2.75) is 20.4 Å². The number of nitrogens with one attached hydrogen (secondary N) is 1. The van der Waals surface area contributed by atoms with Crippen molar-refractivity contribution in [2.24, 2.45) is 0 Å². The molecular weight excluding hydrogens is 344 g/mol. The number of likely N-dealkylation sites (N-methyl/N-ethyl adjacent to an activating group) is 1. The lowest BCUT2D eigenvalue weighted by Crippen LogP contribution is -2.28. The van der Waals surface area contributed by atoms with Crippen LogP contribution in [0.25, 0.3) is 0 Å². The fraction of sp³-hybridized carbons (Fsp3) is 0.381. The van der Waals surface area contributed by atoms with Crippen LogP contribution < -0.4 is 14.8 Å². The first-order valence-corrected chi connectivity index (χ1v) is 9.17. The van der Waals surface area contributed by atoms with Crippen LogP contribution in [0.2, 0.25) is 0 Å². The van der Waals surface area contributed by atoms with Gasteiger partial charge in [-0.25, -0.2) is 0 Å². The maximum atomic E-state index is 12.2. The third-order valence-electron chi connectivity index (χ3n) is 4.39. The summed E-state index contributed by atoms with van der Waals surface area (Å²) in [5.74, 6) is 0.945. The molecule has 0 spiro atoms. The molecule has 146 valence electrons. The highest BCUT2D eigenvalue weighted by Crippen LogP contribution is 2.28. The standard InChI is InChI=1S/C21H28N2O4/c1-4-23(5-2)12-13-27-19-11-10-16(14-20(19)26-3)15-22-21(25)17-8-6-7-9-18(17)24/h6-11,14,24H,4-5,12-13,15H2,1-3H3,(H,22,25). The number of methoxy groups -OCH3 is 1. The number of amides is 1. The third-order valence-corrected chi connectivity index (χ3v) is 4.39. The van der Waals surface area contributed by atoms with Crippen molar-refractivity contribution >= 4 is 5.91 Å². The van der Waals surface area contributed by atoms with Gasteiger partial charge in [0.15, 0.2) is 11.5 Å². The highest BCUT2D eigenvalue weighted by Gasteiger charge is 2.11. The Bertz CT molecular complexity index is 745. The topological polar surface area (TPSA) is 71.0 Å². The SMILES string of the molecule is CCN(CC)CCOc1ccc(CNC(=O)c2ccccc2O)cc1OC. The van der Waals surface area contributed by atoms with E-state index in [0.717, 1.165) is 25.2 Å². The van der Waals surface area contributed by atoms with E-state index in [1.165, 1.54) is 6.07 Å². The predicted octanol–water partition coefficient (Wildman–Crippen LogP) is 3.05. The average molecular weight is 372 g/mol. The fourth-order valence-corrected chi connectivity index (χ4v) is 2.71. The summed E-state index contributed by atoms with van der Waals surface area (Å²) in [6.07, 6.45) is 0. The minimum Gasteiger partial charge on any atom is -0.507 e. The molecule has 0 fully saturated rings. The van der Waals surface area contributed by atoms with E-state index in [1.807, 2.05) is 18.2 Å². The van der Waals surface area contributed by atoms with Gasteiger partial charge in [0.1, 0.15) is 12.4 Å². The second kappa shape index (κ2) is 10.4. The van der Waals surface area contributed by atoms with Gasteiger partial charge in [-0.2, -0.15) is 0 Å². The van der Waals surface area contributed by atoms with Crippen LogP contribution in [-0.4, -0.2) is 49.3 Å². The maximum Gasteiger partial charge on any atom is 0.255 e. The summed E-state index contributed by atoms with van der Waals surface area (Å²) in [5, 5.41) is 12.6. The molecule has 0 aliphatic carbocycles. The number of benzene rings is 2. The van der Waals surface area contributed by atoms with E-state index in [0.29, 0.717) is 24.7 Å². The van der Waals surface area contributed by atoms with Crippen molar-refractivity contribution in [3.63, 3.8) is 0 Å². The number of ether oxygens (including phenoxy) is 2. The van der Waals surface area contributed by atoms with Gasteiger partial charge in [-0.15, -0.1) is 0 Å². The summed E-state index contributed by atoms with van der Waals surface area (Å²) >= 11 is 0. The van der Waals surface area contributed by atoms with Gasteiger partial charge in [0, 0.05) is 13.1 Å². The number of phenols is 1. The van der Waals surface area contributed by atoms with Crippen molar-refractivity contribution in [3.8, 4) is 17.2 Å². The lowest BCUT2D eigenvalue weighted by molar-refractivity contribution is 0.0948.